The summed E-state index contributed by atoms with van der Waals surface area (Å²) >= 11 is 0. The van der Waals surface area contributed by atoms with Gasteiger partial charge in [-0.1, -0.05) is 13.8 Å². The second kappa shape index (κ2) is 4.96. The minimum Gasteiger partial charge on any atom is -0.462 e. The molecule has 0 unspecified atom stereocenters. The summed E-state index contributed by atoms with van der Waals surface area (Å²) in [6.45, 7) is 6.40. The fourth-order valence-electron chi connectivity index (χ4n) is 1.45. The maximum atomic E-state index is 11.6. The average molecular weight is 210 g/mol. The molecule has 4 nitrogen and oxygen atoms in total. The van der Waals surface area contributed by atoms with E-state index >= 15 is 0 Å². The molecule has 0 bridgehead atoms. The van der Waals surface area contributed by atoms with E-state index in [1.54, 1.807) is 17.8 Å². The first-order chi connectivity index (χ1) is 7.04. The molecule has 0 atom stereocenters. The highest BCUT2D eigenvalue weighted by Crippen LogP contribution is 2.13. The summed E-state index contributed by atoms with van der Waals surface area (Å²) in [5, 5.41) is 4.27. The minimum atomic E-state index is -0.277. The Morgan fingerprint density at radius 3 is 2.80 bits per heavy atom. The molecule has 0 radical (unpaired) electrons. The number of rotatable bonds is 4. The molecule has 15 heavy (non-hydrogen) atoms. The maximum Gasteiger partial charge on any atom is 0.341 e. The monoisotopic (exact) mass is 210 g/mol. The molecule has 0 N–H and O–H groups in total. The van der Waals surface area contributed by atoms with E-state index in [0.29, 0.717) is 18.1 Å². The molecule has 84 valence electrons. The first-order valence-corrected chi connectivity index (χ1v) is 5.24. The van der Waals surface area contributed by atoms with Gasteiger partial charge in [0, 0.05) is 13.2 Å². The number of hydrogen-bond donors (Lipinski definition) is 0. The highest BCUT2D eigenvalue weighted by molar-refractivity contribution is 5.90. The van der Waals surface area contributed by atoms with Crippen LogP contribution in [0.3, 0.4) is 0 Å². The lowest BCUT2D eigenvalue weighted by Gasteiger charge is -2.04. The molecule has 0 aliphatic rings. The second-order valence-corrected chi connectivity index (χ2v) is 3.98. The van der Waals surface area contributed by atoms with Gasteiger partial charge in [0.1, 0.15) is 5.56 Å². The quantitative estimate of drug-likeness (QED) is 0.712. The summed E-state index contributed by atoms with van der Waals surface area (Å²) in [7, 11) is 1.81. The number of ether oxygens (including phenoxy) is 1. The van der Waals surface area contributed by atoms with E-state index in [-0.39, 0.29) is 5.97 Å². The Hall–Kier alpha value is -1.32. The molecule has 0 saturated heterocycles. The first-order valence-electron chi connectivity index (χ1n) is 5.24. The van der Waals surface area contributed by atoms with Crippen molar-refractivity contribution in [3.05, 3.63) is 17.5 Å². The van der Waals surface area contributed by atoms with Crippen molar-refractivity contribution in [2.24, 2.45) is 13.0 Å². The Morgan fingerprint density at radius 1 is 1.60 bits per heavy atom. The lowest BCUT2D eigenvalue weighted by Crippen LogP contribution is -2.08. The molecule has 1 aromatic heterocycles. The van der Waals surface area contributed by atoms with Gasteiger partial charge in [0.2, 0.25) is 0 Å². The van der Waals surface area contributed by atoms with Crippen LogP contribution >= 0.6 is 0 Å². The smallest absolute Gasteiger partial charge is 0.341 e. The van der Waals surface area contributed by atoms with Crippen LogP contribution in [0, 0.1) is 5.92 Å². The standard InChI is InChI=1S/C11H18N2O2/c1-5-15-11(14)9-7-13(4)12-10(9)6-8(2)3/h7-8H,5-6H2,1-4H3. The number of carbonyl (C=O) groups excluding carboxylic acids is 1. The molecule has 0 spiro atoms. The van der Waals surface area contributed by atoms with Gasteiger partial charge in [-0.3, -0.25) is 4.68 Å². The van der Waals surface area contributed by atoms with E-state index in [4.69, 9.17) is 4.74 Å². The topological polar surface area (TPSA) is 44.1 Å². The maximum absolute atomic E-state index is 11.6. The lowest BCUT2D eigenvalue weighted by molar-refractivity contribution is 0.0525. The van der Waals surface area contributed by atoms with Crippen LogP contribution < -0.4 is 0 Å². The largest absolute Gasteiger partial charge is 0.462 e. The molecule has 4 heteroatoms. The predicted molar refractivity (Wildman–Crippen MR) is 57.7 cm³/mol. The van der Waals surface area contributed by atoms with Crippen molar-refractivity contribution in [2.45, 2.75) is 27.2 Å². The van der Waals surface area contributed by atoms with Crippen LogP contribution in [0.2, 0.25) is 0 Å². The first kappa shape index (κ1) is 11.8. The third kappa shape index (κ3) is 3.08. The van der Waals surface area contributed by atoms with Gasteiger partial charge in [0.15, 0.2) is 0 Å². The van der Waals surface area contributed by atoms with Crippen molar-refractivity contribution in [1.82, 2.24) is 9.78 Å². The molecular weight excluding hydrogens is 192 g/mol. The predicted octanol–water partition coefficient (Wildman–Crippen LogP) is 1.80. The summed E-state index contributed by atoms with van der Waals surface area (Å²) in [5.74, 6) is 0.203. The third-order valence-electron chi connectivity index (χ3n) is 2.00. The molecule has 0 aromatic carbocycles. The van der Waals surface area contributed by atoms with Gasteiger partial charge in [-0.05, 0) is 19.3 Å². The number of aromatic nitrogens is 2. The van der Waals surface area contributed by atoms with Crippen LogP contribution in [0.5, 0.6) is 0 Å². The molecule has 1 rings (SSSR count). The van der Waals surface area contributed by atoms with Crippen LogP contribution in [0.25, 0.3) is 0 Å². The van der Waals surface area contributed by atoms with Crippen LogP contribution in [0.1, 0.15) is 36.8 Å². The molecule has 1 aromatic rings. The molecule has 1 heterocycles. The highest BCUT2D eigenvalue weighted by atomic mass is 16.5. The van der Waals surface area contributed by atoms with E-state index in [2.05, 4.69) is 18.9 Å². The Labute approximate surface area is 90.2 Å². The van der Waals surface area contributed by atoms with E-state index in [0.717, 1.165) is 12.1 Å². The van der Waals surface area contributed by atoms with E-state index < -0.39 is 0 Å². The van der Waals surface area contributed by atoms with E-state index in [1.165, 1.54) is 0 Å². The van der Waals surface area contributed by atoms with E-state index in [9.17, 15) is 4.79 Å². The van der Waals surface area contributed by atoms with Crippen molar-refractivity contribution in [3.8, 4) is 0 Å². The Bertz CT molecular complexity index is 342. The Kier molecular flexibility index (Phi) is 3.88. The third-order valence-corrected chi connectivity index (χ3v) is 2.00. The number of nitrogens with zero attached hydrogens (tertiary/aromatic N) is 2. The number of esters is 1. The summed E-state index contributed by atoms with van der Waals surface area (Å²) in [4.78, 5) is 11.6. The van der Waals surface area contributed by atoms with Gasteiger partial charge >= 0.3 is 5.97 Å². The van der Waals surface area contributed by atoms with Gasteiger partial charge in [0.25, 0.3) is 0 Å². The van der Waals surface area contributed by atoms with Gasteiger partial charge in [-0.25, -0.2) is 4.79 Å². The average Bonchev–Trinajstić information content (AvgIpc) is 2.46. The second-order valence-electron chi connectivity index (χ2n) is 3.98. The van der Waals surface area contributed by atoms with Gasteiger partial charge < -0.3 is 4.74 Å². The van der Waals surface area contributed by atoms with Crippen LogP contribution in [0.15, 0.2) is 6.20 Å². The van der Waals surface area contributed by atoms with Crippen molar-refractivity contribution >= 4 is 5.97 Å². The Morgan fingerprint density at radius 2 is 2.27 bits per heavy atom. The number of carbonyl (C=O) groups is 1. The van der Waals surface area contributed by atoms with Gasteiger partial charge in [-0.2, -0.15) is 5.10 Å². The van der Waals surface area contributed by atoms with Crippen LogP contribution in [-0.4, -0.2) is 22.4 Å². The number of aryl methyl sites for hydroxylation is 1. The fourth-order valence-corrected chi connectivity index (χ4v) is 1.45. The Balaban J connectivity index is 2.90. The van der Waals surface area contributed by atoms with Crippen LogP contribution in [-0.2, 0) is 18.2 Å². The highest BCUT2D eigenvalue weighted by Gasteiger charge is 2.17. The van der Waals surface area contributed by atoms with E-state index in [1.807, 2.05) is 7.05 Å². The zero-order valence-electron chi connectivity index (χ0n) is 9.78. The molecule has 0 fully saturated rings. The molecule has 0 aliphatic heterocycles. The van der Waals surface area contributed by atoms with Gasteiger partial charge in [-0.15, -0.1) is 0 Å². The van der Waals surface area contributed by atoms with Gasteiger partial charge in [0.05, 0.1) is 12.3 Å². The molecule has 0 saturated carbocycles. The van der Waals surface area contributed by atoms with Crippen molar-refractivity contribution in [1.29, 1.82) is 0 Å². The lowest BCUT2D eigenvalue weighted by atomic mass is 10.1. The normalized spacial score (nSPS) is 10.7. The fraction of sp³-hybridized carbons (Fsp3) is 0.636. The molecule has 0 amide bonds. The summed E-state index contributed by atoms with van der Waals surface area (Å²) < 4.78 is 6.63. The number of hydrogen-bond acceptors (Lipinski definition) is 3. The van der Waals surface area contributed by atoms with Crippen molar-refractivity contribution < 1.29 is 9.53 Å². The van der Waals surface area contributed by atoms with Crippen molar-refractivity contribution in [3.63, 3.8) is 0 Å². The molecular formula is C11H18N2O2. The SMILES string of the molecule is CCOC(=O)c1cn(C)nc1CC(C)C. The van der Waals surface area contributed by atoms with Crippen molar-refractivity contribution in [2.75, 3.05) is 6.61 Å². The van der Waals surface area contributed by atoms with Crippen LogP contribution in [0.4, 0.5) is 0 Å². The molecule has 0 aliphatic carbocycles. The zero-order chi connectivity index (χ0) is 11.4. The summed E-state index contributed by atoms with van der Waals surface area (Å²) in [5.41, 5.74) is 1.42. The summed E-state index contributed by atoms with van der Waals surface area (Å²) in [6, 6.07) is 0. The summed E-state index contributed by atoms with van der Waals surface area (Å²) in [6.07, 6.45) is 2.52. The minimum absolute atomic E-state index is 0.277. The zero-order valence-corrected chi connectivity index (χ0v) is 9.78.